The molecule has 0 fully saturated rings. The minimum atomic E-state index is -1.39. The second-order valence-electron chi connectivity index (χ2n) is 7.51. The molecule has 0 aliphatic rings. The van der Waals surface area contributed by atoms with Crippen molar-refractivity contribution in [2.45, 2.75) is 11.5 Å². The number of hydrogen-bond acceptors (Lipinski definition) is 2. The molecule has 3 heteroatoms. The molecule has 0 heterocycles. The highest BCUT2D eigenvalue weighted by atomic mass is 16.3. The molecular weight excluding hydrogens is 382 g/mol. The monoisotopic (exact) mass is 407 g/mol. The summed E-state index contributed by atoms with van der Waals surface area (Å²) in [5.74, 6) is -0.688. The lowest BCUT2D eigenvalue weighted by atomic mass is 9.69. The Morgan fingerprint density at radius 3 is 1.68 bits per heavy atom. The molecule has 0 aromatic heterocycles. The fraction of sp³-hybridized carbons (Fsp3) is 0.107. The lowest BCUT2D eigenvalue weighted by Gasteiger charge is -2.39. The second kappa shape index (κ2) is 8.99. The van der Waals surface area contributed by atoms with E-state index in [1.807, 2.05) is 109 Å². The molecular formula is C28H25NO2. The third kappa shape index (κ3) is 3.88. The Balaban J connectivity index is 2.06. The van der Waals surface area contributed by atoms with Crippen LogP contribution in [0.25, 0.3) is 0 Å². The topological polar surface area (TPSA) is 49.3 Å². The number of rotatable bonds is 6. The van der Waals surface area contributed by atoms with E-state index in [4.69, 9.17) is 0 Å². The van der Waals surface area contributed by atoms with Crippen LogP contribution in [0.15, 0.2) is 115 Å². The van der Waals surface area contributed by atoms with Gasteiger partial charge in [-0.25, -0.2) is 0 Å². The first-order chi connectivity index (χ1) is 15.2. The molecule has 0 saturated carbocycles. The molecule has 2 N–H and O–H groups in total. The third-order valence-corrected chi connectivity index (χ3v) is 5.72. The van der Waals surface area contributed by atoms with E-state index in [0.29, 0.717) is 5.56 Å². The van der Waals surface area contributed by atoms with Gasteiger partial charge in [-0.3, -0.25) is 4.79 Å². The van der Waals surface area contributed by atoms with Crippen molar-refractivity contribution in [3.63, 3.8) is 0 Å². The average Bonchev–Trinajstić information content (AvgIpc) is 2.85. The number of carbonyl (C=O) groups is 1. The standard InChI is InChI=1S/C28H25NO2/c1-29-27(30)25-20-12-11-19-24(25)26(21-13-5-2-6-14-21)28(31,22-15-7-3-8-16-22)23-17-9-4-10-18-23/h2-20,26,31H,1H3,(H,29,30). The summed E-state index contributed by atoms with van der Waals surface area (Å²) in [6.07, 6.45) is 0. The molecule has 1 atom stereocenters. The normalized spacial score (nSPS) is 12.2. The SMILES string of the molecule is CNC(=O)c1ccccc1C(c1ccccc1)C(O)(c1ccccc1)c1ccccc1. The van der Waals surface area contributed by atoms with E-state index in [0.717, 1.165) is 22.3 Å². The van der Waals surface area contributed by atoms with E-state index in [1.54, 1.807) is 13.1 Å². The largest absolute Gasteiger partial charge is 0.379 e. The van der Waals surface area contributed by atoms with Crippen molar-refractivity contribution in [3.05, 3.63) is 143 Å². The van der Waals surface area contributed by atoms with Crippen molar-refractivity contribution in [3.8, 4) is 0 Å². The molecule has 4 rings (SSSR count). The van der Waals surface area contributed by atoms with Crippen molar-refractivity contribution >= 4 is 5.91 Å². The quantitative estimate of drug-likeness (QED) is 0.466. The van der Waals surface area contributed by atoms with E-state index in [-0.39, 0.29) is 5.91 Å². The summed E-state index contributed by atoms with van der Waals surface area (Å²) >= 11 is 0. The van der Waals surface area contributed by atoms with Gasteiger partial charge < -0.3 is 10.4 Å². The minimum Gasteiger partial charge on any atom is -0.379 e. The Morgan fingerprint density at radius 1 is 0.710 bits per heavy atom. The van der Waals surface area contributed by atoms with Gasteiger partial charge in [0.1, 0.15) is 5.60 Å². The number of nitrogens with one attached hydrogen (secondary N) is 1. The zero-order chi connectivity index (χ0) is 21.7. The highest BCUT2D eigenvalue weighted by Gasteiger charge is 2.43. The summed E-state index contributed by atoms with van der Waals surface area (Å²) in [4.78, 5) is 12.8. The zero-order valence-electron chi connectivity index (χ0n) is 17.4. The van der Waals surface area contributed by atoms with Gasteiger partial charge in [-0.2, -0.15) is 0 Å². The van der Waals surface area contributed by atoms with Crippen LogP contribution >= 0.6 is 0 Å². The van der Waals surface area contributed by atoms with Crippen LogP contribution in [0.4, 0.5) is 0 Å². The van der Waals surface area contributed by atoms with Gasteiger partial charge in [0.2, 0.25) is 0 Å². The maximum Gasteiger partial charge on any atom is 0.251 e. The summed E-state index contributed by atoms with van der Waals surface area (Å²) in [5.41, 5.74) is 2.37. The number of aliphatic hydroxyl groups is 1. The molecule has 0 aliphatic carbocycles. The predicted octanol–water partition coefficient (Wildman–Crippen LogP) is 5.11. The smallest absolute Gasteiger partial charge is 0.251 e. The summed E-state index contributed by atoms with van der Waals surface area (Å²) in [7, 11) is 1.62. The van der Waals surface area contributed by atoms with E-state index in [9.17, 15) is 9.90 Å². The van der Waals surface area contributed by atoms with Crippen LogP contribution in [0.5, 0.6) is 0 Å². The Kier molecular flexibility index (Phi) is 5.96. The Labute approximate surface area is 183 Å². The number of carbonyl (C=O) groups excluding carboxylic acids is 1. The fourth-order valence-corrected chi connectivity index (χ4v) is 4.27. The van der Waals surface area contributed by atoms with Crippen LogP contribution in [0.1, 0.15) is 38.5 Å². The summed E-state index contributed by atoms with van der Waals surface area (Å²) in [6, 6.07) is 36.7. The highest BCUT2D eigenvalue weighted by Crippen LogP contribution is 2.47. The van der Waals surface area contributed by atoms with Crippen LogP contribution in [0.2, 0.25) is 0 Å². The van der Waals surface area contributed by atoms with Gasteiger partial charge in [0.15, 0.2) is 0 Å². The van der Waals surface area contributed by atoms with Gasteiger partial charge >= 0.3 is 0 Å². The first kappa shape index (κ1) is 20.6. The molecule has 4 aromatic rings. The van der Waals surface area contributed by atoms with E-state index < -0.39 is 11.5 Å². The molecule has 1 amide bonds. The molecule has 1 unspecified atom stereocenters. The number of amides is 1. The van der Waals surface area contributed by atoms with E-state index >= 15 is 0 Å². The fourth-order valence-electron chi connectivity index (χ4n) is 4.27. The van der Waals surface area contributed by atoms with Gasteiger partial charge in [-0.05, 0) is 28.3 Å². The van der Waals surface area contributed by atoms with Crippen molar-refractivity contribution in [2.75, 3.05) is 7.05 Å². The molecule has 3 nitrogen and oxygen atoms in total. The maximum absolute atomic E-state index is 12.8. The van der Waals surface area contributed by atoms with Crippen molar-refractivity contribution < 1.29 is 9.90 Å². The first-order valence-corrected chi connectivity index (χ1v) is 10.4. The maximum atomic E-state index is 12.8. The van der Waals surface area contributed by atoms with Crippen molar-refractivity contribution in [1.82, 2.24) is 5.32 Å². The van der Waals surface area contributed by atoms with E-state index in [2.05, 4.69) is 5.32 Å². The van der Waals surface area contributed by atoms with Gasteiger partial charge in [0.05, 0.1) is 0 Å². The van der Waals surface area contributed by atoms with Crippen molar-refractivity contribution in [1.29, 1.82) is 0 Å². The summed E-state index contributed by atoms with van der Waals surface area (Å²) < 4.78 is 0. The molecule has 31 heavy (non-hydrogen) atoms. The summed E-state index contributed by atoms with van der Waals surface area (Å²) in [6.45, 7) is 0. The van der Waals surface area contributed by atoms with E-state index in [1.165, 1.54) is 0 Å². The van der Waals surface area contributed by atoms with Crippen LogP contribution in [0, 0.1) is 0 Å². The molecule has 0 spiro atoms. The second-order valence-corrected chi connectivity index (χ2v) is 7.51. The lowest BCUT2D eigenvalue weighted by Crippen LogP contribution is -2.37. The molecule has 0 radical (unpaired) electrons. The molecule has 154 valence electrons. The molecule has 0 bridgehead atoms. The Hall–Kier alpha value is -3.69. The van der Waals surface area contributed by atoms with Crippen LogP contribution < -0.4 is 5.32 Å². The third-order valence-electron chi connectivity index (χ3n) is 5.72. The van der Waals surface area contributed by atoms with Crippen molar-refractivity contribution in [2.24, 2.45) is 0 Å². The Bertz CT molecular complexity index is 1100. The van der Waals surface area contributed by atoms with Crippen LogP contribution in [-0.4, -0.2) is 18.1 Å². The van der Waals surface area contributed by atoms with Gasteiger partial charge in [-0.15, -0.1) is 0 Å². The predicted molar refractivity (Wildman–Crippen MR) is 124 cm³/mol. The average molecular weight is 408 g/mol. The van der Waals surface area contributed by atoms with Crippen LogP contribution in [-0.2, 0) is 5.60 Å². The number of hydrogen-bond donors (Lipinski definition) is 2. The first-order valence-electron chi connectivity index (χ1n) is 10.4. The zero-order valence-corrected chi connectivity index (χ0v) is 17.4. The summed E-state index contributed by atoms with van der Waals surface area (Å²) in [5, 5.41) is 15.3. The number of benzene rings is 4. The highest BCUT2D eigenvalue weighted by molar-refractivity contribution is 5.96. The lowest BCUT2D eigenvalue weighted by molar-refractivity contribution is 0.0620. The van der Waals surface area contributed by atoms with Gasteiger partial charge in [-0.1, -0.05) is 109 Å². The van der Waals surface area contributed by atoms with Gasteiger partial charge in [0, 0.05) is 18.5 Å². The molecule has 0 aliphatic heterocycles. The molecule has 0 saturated heterocycles. The minimum absolute atomic E-state index is 0.181. The molecule has 4 aromatic carbocycles. The van der Waals surface area contributed by atoms with Crippen LogP contribution in [0.3, 0.4) is 0 Å². The Morgan fingerprint density at radius 2 is 1.16 bits per heavy atom. The van der Waals surface area contributed by atoms with Gasteiger partial charge in [0.25, 0.3) is 5.91 Å².